The average molecular weight is 347 g/mol. The predicted molar refractivity (Wildman–Crippen MR) is 93.3 cm³/mol. The van der Waals surface area contributed by atoms with Crippen LogP contribution in [0.1, 0.15) is 40.0 Å². The highest BCUT2D eigenvalue weighted by molar-refractivity contribution is 6.29. The maximum absolute atomic E-state index is 12.0. The minimum absolute atomic E-state index is 0.0409. The van der Waals surface area contributed by atoms with Crippen molar-refractivity contribution in [3.8, 4) is 0 Å². The summed E-state index contributed by atoms with van der Waals surface area (Å²) >= 11 is 0. The number of ether oxygens (including phenoxy) is 1. The first kappa shape index (κ1) is 18.9. The van der Waals surface area contributed by atoms with Crippen LogP contribution in [0, 0.1) is 0 Å². The molecular weight excluding hydrogens is 322 g/mol. The predicted octanol–water partition coefficient (Wildman–Crippen LogP) is 1.98. The van der Waals surface area contributed by atoms with Crippen molar-refractivity contribution < 1.29 is 19.1 Å². The molecule has 7 nitrogen and oxygen atoms in total. The van der Waals surface area contributed by atoms with Gasteiger partial charge in [0.05, 0.1) is 0 Å². The number of imide groups is 2. The molecule has 0 spiro atoms. The Kier molecular flexibility index (Phi) is 6.52. The minimum Gasteiger partial charge on any atom is -0.381 e. The Morgan fingerprint density at radius 2 is 1.52 bits per heavy atom. The molecule has 25 heavy (non-hydrogen) atoms. The van der Waals surface area contributed by atoms with E-state index in [1.807, 2.05) is 13.8 Å². The molecule has 2 aliphatic rings. The lowest BCUT2D eigenvalue weighted by atomic mass is 10.00. The van der Waals surface area contributed by atoms with Crippen molar-refractivity contribution >= 4 is 17.8 Å². The number of carbonyl (C=O) groups excluding carboxylic acids is 3. The van der Waals surface area contributed by atoms with E-state index >= 15 is 0 Å². The van der Waals surface area contributed by atoms with Crippen molar-refractivity contribution in [3.63, 3.8) is 0 Å². The van der Waals surface area contributed by atoms with E-state index in [1.165, 1.54) is 0 Å². The summed E-state index contributed by atoms with van der Waals surface area (Å²) in [4.78, 5) is 37.2. The molecule has 0 atom stereocenters. The second-order valence-corrected chi connectivity index (χ2v) is 6.11. The summed E-state index contributed by atoms with van der Waals surface area (Å²) < 4.78 is 5.58. The number of barbiturate groups is 1. The molecule has 0 unspecified atom stereocenters. The Hall–Kier alpha value is -2.41. The number of amides is 4. The van der Waals surface area contributed by atoms with Gasteiger partial charge < -0.3 is 9.64 Å². The fraction of sp³-hybridized carbons (Fsp3) is 0.500. The molecule has 2 rings (SSSR count). The van der Waals surface area contributed by atoms with Crippen molar-refractivity contribution in [1.82, 2.24) is 15.5 Å². The molecule has 0 aromatic carbocycles. The number of nitrogens with one attached hydrogen (secondary N) is 2. The summed E-state index contributed by atoms with van der Waals surface area (Å²) in [5, 5.41) is 4.20. The van der Waals surface area contributed by atoms with Gasteiger partial charge in [0.2, 0.25) is 0 Å². The molecule has 2 heterocycles. The van der Waals surface area contributed by atoms with Gasteiger partial charge in [-0.05, 0) is 44.4 Å². The third-order valence-corrected chi connectivity index (χ3v) is 4.09. The molecule has 7 heteroatoms. The van der Waals surface area contributed by atoms with Crippen LogP contribution in [0.25, 0.3) is 0 Å². The number of urea groups is 1. The summed E-state index contributed by atoms with van der Waals surface area (Å²) in [7, 11) is 0. The second-order valence-electron chi connectivity index (χ2n) is 6.11. The van der Waals surface area contributed by atoms with Crippen molar-refractivity contribution in [2.24, 2.45) is 0 Å². The molecule has 1 fully saturated rings. The first-order chi connectivity index (χ1) is 11.9. The minimum atomic E-state index is -0.790. The monoisotopic (exact) mass is 347 g/mol. The van der Waals surface area contributed by atoms with Gasteiger partial charge in [0.15, 0.2) is 0 Å². The quantitative estimate of drug-likeness (QED) is 0.418. The molecule has 4 amide bonds. The number of nitrogens with zero attached hydrogens (tertiary/aromatic N) is 1. The van der Waals surface area contributed by atoms with E-state index in [1.54, 1.807) is 12.2 Å². The molecule has 2 aliphatic heterocycles. The van der Waals surface area contributed by atoms with E-state index in [4.69, 9.17) is 4.74 Å². The SMILES string of the molecule is CCCCOCCCN1C(C)=CC(=C2C(=O)NC(=O)NC2=O)C=C1C. The highest BCUT2D eigenvalue weighted by Crippen LogP contribution is 2.25. The Labute approximate surface area is 147 Å². The number of carbonyl (C=O) groups is 3. The Morgan fingerprint density at radius 3 is 2.08 bits per heavy atom. The topological polar surface area (TPSA) is 87.7 Å². The summed E-state index contributed by atoms with van der Waals surface area (Å²) in [6, 6.07) is -0.790. The van der Waals surface area contributed by atoms with E-state index in [9.17, 15) is 14.4 Å². The molecule has 0 aromatic heterocycles. The van der Waals surface area contributed by atoms with Crippen molar-refractivity contribution in [3.05, 3.63) is 34.7 Å². The van der Waals surface area contributed by atoms with Gasteiger partial charge in [-0.2, -0.15) is 0 Å². The fourth-order valence-electron chi connectivity index (χ4n) is 2.82. The van der Waals surface area contributed by atoms with Gasteiger partial charge in [0.25, 0.3) is 11.8 Å². The summed E-state index contributed by atoms with van der Waals surface area (Å²) in [6.07, 6.45) is 6.66. The Balaban J connectivity index is 2.04. The van der Waals surface area contributed by atoms with Gasteiger partial charge in [-0.1, -0.05) is 13.3 Å². The Bertz CT molecular complexity index is 617. The van der Waals surface area contributed by atoms with Gasteiger partial charge in [0.1, 0.15) is 5.57 Å². The molecule has 0 aliphatic carbocycles. The van der Waals surface area contributed by atoms with Gasteiger partial charge in [-0.3, -0.25) is 20.2 Å². The van der Waals surface area contributed by atoms with Gasteiger partial charge in [0, 0.05) is 31.2 Å². The van der Waals surface area contributed by atoms with Crippen LogP contribution in [0.4, 0.5) is 4.79 Å². The Morgan fingerprint density at radius 1 is 0.960 bits per heavy atom. The average Bonchev–Trinajstić information content (AvgIpc) is 2.51. The van der Waals surface area contributed by atoms with Crippen LogP contribution in [0.5, 0.6) is 0 Å². The number of hydrogen-bond donors (Lipinski definition) is 2. The van der Waals surface area contributed by atoms with Crippen molar-refractivity contribution in [1.29, 1.82) is 0 Å². The zero-order valence-electron chi connectivity index (χ0n) is 15.0. The molecule has 2 N–H and O–H groups in total. The first-order valence-corrected chi connectivity index (χ1v) is 8.56. The molecule has 0 aromatic rings. The van der Waals surface area contributed by atoms with Crippen LogP contribution in [-0.2, 0) is 14.3 Å². The molecule has 0 bridgehead atoms. The number of unbranched alkanes of at least 4 members (excludes halogenated alkanes) is 1. The highest BCUT2D eigenvalue weighted by Gasteiger charge is 2.31. The third-order valence-electron chi connectivity index (χ3n) is 4.09. The molecular formula is C18H25N3O4. The normalized spacial score (nSPS) is 18.0. The van der Waals surface area contributed by atoms with Gasteiger partial charge in [-0.15, -0.1) is 0 Å². The second kappa shape index (κ2) is 8.62. The zero-order chi connectivity index (χ0) is 18.4. The van der Waals surface area contributed by atoms with E-state index in [2.05, 4.69) is 22.5 Å². The maximum atomic E-state index is 12.0. The van der Waals surface area contributed by atoms with Crippen LogP contribution in [0.3, 0.4) is 0 Å². The molecule has 0 radical (unpaired) electrons. The van der Waals surface area contributed by atoms with Gasteiger partial charge in [-0.25, -0.2) is 4.79 Å². The number of rotatable bonds is 7. The molecule has 1 saturated heterocycles. The molecule has 0 saturated carbocycles. The number of allylic oxidation sites excluding steroid dienone is 5. The summed E-state index contributed by atoms with van der Waals surface area (Å²) in [5.74, 6) is -1.34. The van der Waals surface area contributed by atoms with Crippen molar-refractivity contribution in [2.75, 3.05) is 19.8 Å². The third kappa shape index (κ3) is 4.79. The lowest BCUT2D eigenvalue weighted by molar-refractivity contribution is -0.124. The summed E-state index contributed by atoms with van der Waals surface area (Å²) in [5.41, 5.74) is 2.34. The van der Waals surface area contributed by atoms with Crippen LogP contribution < -0.4 is 10.6 Å². The van der Waals surface area contributed by atoms with Crippen LogP contribution >= 0.6 is 0 Å². The van der Waals surface area contributed by atoms with Crippen LogP contribution in [-0.4, -0.2) is 42.5 Å². The van der Waals surface area contributed by atoms with E-state index in [0.29, 0.717) is 12.2 Å². The van der Waals surface area contributed by atoms with E-state index in [-0.39, 0.29) is 5.57 Å². The summed E-state index contributed by atoms with van der Waals surface area (Å²) in [6.45, 7) is 8.29. The van der Waals surface area contributed by atoms with Crippen molar-refractivity contribution in [2.45, 2.75) is 40.0 Å². The van der Waals surface area contributed by atoms with Crippen LogP contribution in [0.15, 0.2) is 34.7 Å². The first-order valence-electron chi connectivity index (χ1n) is 8.56. The van der Waals surface area contributed by atoms with Gasteiger partial charge >= 0.3 is 6.03 Å². The van der Waals surface area contributed by atoms with Crippen LogP contribution in [0.2, 0.25) is 0 Å². The molecule has 136 valence electrons. The smallest absolute Gasteiger partial charge is 0.328 e. The number of hydrogen-bond acceptors (Lipinski definition) is 5. The lowest BCUT2D eigenvalue weighted by Gasteiger charge is -2.30. The zero-order valence-corrected chi connectivity index (χ0v) is 15.0. The highest BCUT2D eigenvalue weighted by atomic mass is 16.5. The maximum Gasteiger partial charge on any atom is 0.328 e. The van der Waals surface area contributed by atoms with E-state index < -0.39 is 17.8 Å². The van der Waals surface area contributed by atoms with E-state index in [0.717, 1.165) is 43.8 Å². The standard InChI is InChI=1S/C18H25N3O4/c1-4-5-8-25-9-6-7-21-12(2)10-14(11-13(21)3)15-16(22)19-18(24)20-17(15)23/h10-11H,4-9H2,1-3H3,(H2,19,20,22,23,24). The fourth-order valence-corrected chi connectivity index (χ4v) is 2.82. The lowest BCUT2D eigenvalue weighted by Crippen LogP contribution is -2.51. The largest absolute Gasteiger partial charge is 0.381 e.